The van der Waals surface area contributed by atoms with Crippen molar-refractivity contribution >= 4 is 5.78 Å². The molecule has 0 aliphatic carbocycles. The Morgan fingerprint density at radius 3 is 2.25 bits per heavy atom. The summed E-state index contributed by atoms with van der Waals surface area (Å²) in [5, 5.41) is 0. The molecule has 4 heteroatoms. The van der Waals surface area contributed by atoms with Crippen LogP contribution < -0.4 is 4.74 Å². The Kier molecular flexibility index (Phi) is 9.76. The summed E-state index contributed by atoms with van der Waals surface area (Å²) in [6.07, 6.45) is 9.84. The van der Waals surface area contributed by atoms with Gasteiger partial charge in [-0.1, -0.05) is 66.7 Å². The molecule has 1 aliphatic rings. The van der Waals surface area contributed by atoms with Crippen LogP contribution in [0.3, 0.4) is 0 Å². The van der Waals surface area contributed by atoms with E-state index in [9.17, 15) is 4.79 Å². The minimum atomic E-state index is 0.241. The second-order valence-electron chi connectivity index (χ2n) is 11.1. The van der Waals surface area contributed by atoms with Gasteiger partial charge < -0.3 is 9.64 Å². The van der Waals surface area contributed by atoms with Gasteiger partial charge in [0.1, 0.15) is 11.5 Å². The van der Waals surface area contributed by atoms with E-state index < -0.39 is 0 Å². The predicted molar refractivity (Wildman–Crippen MR) is 163 cm³/mol. The Morgan fingerprint density at radius 2 is 1.52 bits per heavy atom. The van der Waals surface area contributed by atoms with Gasteiger partial charge in [0.2, 0.25) is 0 Å². The lowest BCUT2D eigenvalue weighted by molar-refractivity contribution is -0.118. The molecule has 0 radical (unpaired) electrons. The van der Waals surface area contributed by atoms with Crippen LogP contribution >= 0.6 is 0 Å². The lowest BCUT2D eigenvalue weighted by Gasteiger charge is -2.29. The number of aromatic nitrogens is 1. The third-order valence-electron chi connectivity index (χ3n) is 8.05. The maximum absolute atomic E-state index is 12.4. The van der Waals surface area contributed by atoms with E-state index in [4.69, 9.17) is 4.74 Å². The van der Waals surface area contributed by atoms with Gasteiger partial charge in [0.05, 0.1) is 6.61 Å². The number of carbonyl (C=O) groups excluding carboxylic acids is 1. The van der Waals surface area contributed by atoms with Crippen molar-refractivity contribution in [2.75, 3.05) is 26.7 Å². The van der Waals surface area contributed by atoms with Crippen LogP contribution in [0, 0.1) is 5.92 Å². The molecule has 0 amide bonds. The molecule has 0 N–H and O–H groups in total. The molecule has 206 valence electrons. The molecule has 1 aromatic heterocycles. The number of piperidine rings is 1. The van der Waals surface area contributed by atoms with Gasteiger partial charge in [-0.2, -0.15) is 0 Å². The molecule has 1 saturated heterocycles. The van der Waals surface area contributed by atoms with E-state index in [1.54, 1.807) is 6.20 Å². The number of nitrogens with zero attached hydrogens (tertiary/aromatic N) is 2. The average molecular weight is 533 g/mol. The number of hydrogen-bond acceptors (Lipinski definition) is 4. The standard InChI is InChI=1S/C36H40N2O2/c1-38-22-18-29(19-23-38)25-32-9-3-5-11-36(32)35-10-4-2-8-31(35)20-24-40-34-16-13-28(14-17-34)26-33(39)15-12-30-7-6-21-37-27-30/h2-11,13-14,16-17,21,27,29H,12,15,18-20,22-26H2,1H3. The first-order chi connectivity index (χ1) is 19.6. The Morgan fingerprint density at radius 1 is 0.825 bits per heavy atom. The van der Waals surface area contributed by atoms with Crippen LogP contribution in [0.5, 0.6) is 5.75 Å². The summed E-state index contributed by atoms with van der Waals surface area (Å²) in [7, 11) is 2.23. The second kappa shape index (κ2) is 14.0. The highest BCUT2D eigenvalue weighted by Gasteiger charge is 2.19. The quantitative estimate of drug-likeness (QED) is 0.197. The van der Waals surface area contributed by atoms with Crippen LogP contribution in [0.25, 0.3) is 11.1 Å². The second-order valence-corrected chi connectivity index (χ2v) is 11.1. The molecule has 0 unspecified atom stereocenters. The highest BCUT2D eigenvalue weighted by Crippen LogP contribution is 2.31. The molecule has 1 fully saturated rings. The molecule has 40 heavy (non-hydrogen) atoms. The molecule has 2 heterocycles. The van der Waals surface area contributed by atoms with Crippen molar-refractivity contribution in [2.24, 2.45) is 5.92 Å². The Labute approximate surface area is 239 Å². The molecule has 4 nitrogen and oxygen atoms in total. The average Bonchev–Trinajstić information content (AvgIpc) is 2.99. The Hall–Kier alpha value is -3.76. The number of carbonyl (C=O) groups is 1. The van der Waals surface area contributed by atoms with Crippen molar-refractivity contribution in [1.29, 1.82) is 0 Å². The summed E-state index contributed by atoms with van der Waals surface area (Å²) in [6, 6.07) is 29.6. The number of hydrogen-bond donors (Lipinski definition) is 0. The van der Waals surface area contributed by atoms with Crippen LogP contribution in [0.4, 0.5) is 0 Å². The van der Waals surface area contributed by atoms with E-state index in [-0.39, 0.29) is 5.78 Å². The number of ether oxygens (including phenoxy) is 1. The first kappa shape index (κ1) is 27.8. The zero-order valence-electron chi connectivity index (χ0n) is 23.6. The molecule has 1 aliphatic heterocycles. The minimum Gasteiger partial charge on any atom is -0.493 e. The monoisotopic (exact) mass is 532 g/mol. The van der Waals surface area contributed by atoms with Crippen LogP contribution in [-0.4, -0.2) is 42.4 Å². The summed E-state index contributed by atoms with van der Waals surface area (Å²) in [6.45, 7) is 3.01. The summed E-state index contributed by atoms with van der Waals surface area (Å²) < 4.78 is 6.13. The Bertz CT molecular complexity index is 1360. The largest absolute Gasteiger partial charge is 0.493 e. The molecule has 0 bridgehead atoms. The van der Waals surface area contributed by atoms with Gasteiger partial charge in [-0.15, -0.1) is 0 Å². The molecule has 0 saturated carbocycles. The third-order valence-corrected chi connectivity index (χ3v) is 8.05. The van der Waals surface area contributed by atoms with Crippen molar-refractivity contribution < 1.29 is 9.53 Å². The maximum Gasteiger partial charge on any atom is 0.137 e. The number of ketones is 1. The number of benzene rings is 3. The van der Waals surface area contributed by atoms with Gasteiger partial charge in [-0.3, -0.25) is 9.78 Å². The summed E-state index contributed by atoms with van der Waals surface area (Å²) >= 11 is 0. The third kappa shape index (κ3) is 7.89. The summed E-state index contributed by atoms with van der Waals surface area (Å²) in [5.74, 6) is 1.84. The summed E-state index contributed by atoms with van der Waals surface area (Å²) in [5.41, 5.74) is 7.56. The van der Waals surface area contributed by atoms with Crippen molar-refractivity contribution in [3.63, 3.8) is 0 Å². The van der Waals surface area contributed by atoms with Crippen molar-refractivity contribution in [1.82, 2.24) is 9.88 Å². The zero-order valence-corrected chi connectivity index (χ0v) is 23.6. The van der Waals surface area contributed by atoms with Crippen LogP contribution in [0.1, 0.15) is 41.5 Å². The highest BCUT2D eigenvalue weighted by atomic mass is 16.5. The van der Waals surface area contributed by atoms with Crippen molar-refractivity contribution in [3.8, 4) is 16.9 Å². The molecule has 5 rings (SSSR count). The number of Topliss-reactive ketones (excluding diaryl/α,β-unsaturated/α-hetero) is 1. The first-order valence-electron chi connectivity index (χ1n) is 14.6. The van der Waals surface area contributed by atoms with E-state index in [0.29, 0.717) is 19.4 Å². The molecule has 3 aromatic carbocycles. The van der Waals surface area contributed by atoms with E-state index in [1.165, 1.54) is 48.2 Å². The van der Waals surface area contributed by atoms with Gasteiger partial charge in [-0.05, 0) is 103 Å². The zero-order chi connectivity index (χ0) is 27.6. The lowest BCUT2D eigenvalue weighted by Crippen LogP contribution is -2.31. The minimum absolute atomic E-state index is 0.241. The van der Waals surface area contributed by atoms with Gasteiger partial charge in [0, 0.05) is 31.7 Å². The van der Waals surface area contributed by atoms with Gasteiger partial charge in [0.15, 0.2) is 0 Å². The molecule has 0 atom stereocenters. The molecular formula is C36H40N2O2. The van der Waals surface area contributed by atoms with Crippen LogP contribution in [-0.2, 0) is 30.5 Å². The molecule has 4 aromatic rings. The van der Waals surface area contributed by atoms with Gasteiger partial charge in [-0.25, -0.2) is 0 Å². The smallest absolute Gasteiger partial charge is 0.137 e. The SMILES string of the molecule is CN1CCC(Cc2ccccc2-c2ccccc2CCOc2ccc(CC(=O)CCc3cccnc3)cc2)CC1. The fourth-order valence-electron chi connectivity index (χ4n) is 5.67. The normalized spacial score (nSPS) is 14.2. The fourth-order valence-corrected chi connectivity index (χ4v) is 5.67. The van der Waals surface area contributed by atoms with Crippen molar-refractivity contribution in [2.45, 2.75) is 44.9 Å². The van der Waals surface area contributed by atoms with Gasteiger partial charge >= 0.3 is 0 Å². The van der Waals surface area contributed by atoms with E-state index in [1.807, 2.05) is 42.6 Å². The van der Waals surface area contributed by atoms with E-state index in [2.05, 4.69) is 65.5 Å². The predicted octanol–water partition coefficient (Wildman–Crippen LogP) is 7.00. The van der Waals surface area contributed by atoms with E-state index >= 15 is 0 Å². The number of likely N-dealkylation sites (tertiary alicyclic amines) is 1. The molecular weight excluding hydrogens is 492 g/mol. The van der Waals surface area contributed by atoms with Crippen molar-refractivity contribution in [3.05, 3.63) is 120 Å². The summed E-state index contributed by atoms with van der Waals surface area (Å²) in [4.78, 5) is 19.0. The number of aryl methyl sites for hydroxylation is 1. The Balaban J connectivity index is 1.15. The fraction of sp³-hybridized carbons (Fsp3) is 0.333. The maximum atomic E-state index is 12.4. The van der Waals surface area contributed by atoms with Crippen LogP contribution in [0.2, 0.25) is 0 Å². The van der Waals surface area contributed by atoms with E-state index in [0.717, 1.165) is 42.1 Å². The van der Waals surface area contributed by atoms with Crippen LogP contribution in [0.15, 0.2) is 97.3 Å². The van der Waals surface area contributed by atoms with Gasteiger partial charge in [0.25, 0.3) is 0 Å². The highest BCUT2D eigenvalue weighted by molar-refractivity contribution is 5.81. The number of pyridine rings is 1. The number of rotatable bonds is 12. The topological polar surface area (TPSA) is 42.4 Å². The molecule has 0 spiro atoms. The first-order valence-corrected chi connectivity index (χ1v) is 14.6. The lowest BCUT2D eigenvalue weighted by atomic mass is 9.86.